The maximum absolute atomic E-state index is 13.4. The molecule has 166 valence electrons. The molecule has 1 aliphatic rings. The SMILES string of the molecule is CC.CC.Cc1noc(C)c1-c1cnc2c(C)cn(CC3CCC(F)(F)CC3)c2c1. The lowest BCUT2D eigenvalue weighted by molar-refractivity contribution is -0.0472. The molecule has 3 aromatic heterocycles. The van der Waals surface area contributed by atoms with Crippen LogP contribution < -0.4 is 0 Å². The van der Waals surface area contributed by atoms with Gasteiger partial charge in [0.15, 0.2) is 0 Å². The molecule has 0 aromatic carbocycles. The molecule has 0 saturated heterocycles. The first-order valence-electron chi connectivity index (χ1n) is 11.1. The summed E-state index contributed by atoms with van der Waals surface area (Å²) < 4.78 is 34.3. The highest BCUT2D eigenvalue weighted by atomic mass is 19.3. The van der Waals surface area contributed by atoms with Crippen molar-refractivity contribution >= 4 is 11.0 Å². The summed E-state index contributed by atoms with van der Waals surface area (Å²) in [6, 6.07) is 2.11. The van der Waals surface area contributed by atoms with E-state index >= 15 is 0 Å². The van der Waals surface area contributed by atoms with Gasteiger partial charge >= 0.3 is 0 Å². The average molecular weight is 420 g/mol. The minimum atomic E-state index is -2.48. The van der Waals surface area contributed by atoms with Crippen LogP contribution in [0.15, 0.2) is 23.0 Å². The molecule has 1 saturated carbocycles. The summed E-state index contributed by atoms with van der Waals surface area (Å²) in [6.45, 7) is 14.6. The van der Waals surface area contributed by atoms with E-state index in [-0.39, 0.29) is 18.8 Å². The number of aryl methyl sites for hydroxylation is 3. The molecule has 3 heterocycles. The van der Waals surface area contributed by atoms with E-state index in [1.165, 1.54) is 0 Å². The molecule has 0 aliphatic heterocycles. The number of rotatable bonds is 3. The van der Waals surface area contributed by atoms with Gasteiger partial charge in [-0.3, -0.25) is 4.98 Å². The predicted octanol–water partition coefficient (Wildman–Crippen LogP) is 7.49. The Kier molecular flexibility index (Phi) is 8.16. The Bertz CT molecular complexity index is 929. The Morgan fingerprint density at radius 1 is 1.10 bits per heavy atom. The molecule has 1 fully saturated rings. The number of hydrogen-bond donors (Lipinski definition) is 0. The molecule has 0 radical (unpaired) electrons. The van der Waals surface area contributed by atoms with Crippen LogP contribution in [0.25, 0.3) is 22.2 Å². The van der Waals surface area contributed by atoms with E-state index in [4.69, 9.17) is 4.52 Å². The zero-order valence-corrected chi connectivity index (χ0v) is 19.4. The number of nitrogens with zero attached hydrogens (tertiary/aromatic N) is 3. The minimum absolute atomic E-state index is 0.00156. The number of fused-ring (bicyclic) bond motifs is 1. The fraction of sp³-hybridized carbons (Fsp3) is 0.583. The van der Waals surface area contributed by atoms with Crippen molar-refractivity contribution in [2.75, 3.05) is 0 Å². The van der Waals surface area contributed by atoms with Gasteiger partial charge in [-0.15, -0.1) is 0 Å². The third kappa shape index (κ3) is 5.08. The lowest BCUT2D eigenvalue weighted by Crippen LogP contribution is -2.26. The van der Waals surface area contributed by atoms with Gasteiger partial charge in [-0.2, -0.15) is 0 Å². The van der Waals surface area contributed by atoms with Crippen LogP contribution in [0.3, 0.4) is 0 Å². The molecule has 0 unspecified atom stereocenters. The maximum atomic E-state index is 13.4. The van der Waals surface area contributed by atoms with E-state index in [1.54, 1.807) is 0 Å². The summed E-state index contributed by atoms with van der Waals surface area (Å²) >= 11 is 0. The zero-order chi connectivity index (χ0) is 22.5. The molecule has 4 nitrogen and oxygen atoms in total. The van der Waals surface area contributed by atoms with Crippen molar-refractivity contribution in [3.8, 4) is 11.1 Å². The second-order valence-electron chi connectivity index (χ2n) is 7.55. The third-order valence-corrected chi connectivity index (χ3v) is 5.51. The van der Waals surface area contributed by atoms with Gasteiger partial charge in [-0.1, -0.05) is 32.9 Å². The fourth-order valence-electron chi connectivity index (χ4n) is 4.08. The van der Waals surface area contributed by atoms with Crippen molar-refractivity contribution < 1.29 is 13.3 Å². The number of halogens is 2. The average Bonchev–Trinajstić information content (AvgIpc) is 3.25. The van der Waals surface area contributed by atoms with E-state index in [0.717, 1.165) is 45.7 Å². The predicted molar refractivity (Wildman–Crippen MR) is 119 cm³/mol. The third-order valence-electron chi connectivity index (χ3n) is 5.51. The molecular formula is C24H35F2N3O. The second-order valence-corrected chi connectivity index (χ2v) is 7.55. The van der Waals surface area contributed by atoms with Crippen molar-refractivity contribution in [3.63, 3.8) is 0 Å². The highest BCUT2D eigenvalue weighted by Gasteiger charge is 2.35. The van der Waals surface area contributed by atoms with Crippen LogP contribution in [-0.2, 0) is 6.54 Å². The lowest BCUT2D eigenvalue weighted by atomic mass is 9.87. The molecule has 0 bridgehead atoms. The van der Waals surface area contributed by atoms with Crippen LogP contribution in [0, 0.1) is 26.7 Å². The summed E-state index contributed by atoms with van der Waals surface area (Å²) in [5.74, 6) is -1.43. The topological polar surface area (TPSA) is 43.9 Å². The van der Waals surface area contributed by atoms with Gasteiger partial charge in [0, 0.05) is 42.9 Å². The Hall–Kier alpha value is -2.24. The van der Waals surface area contributed by atoms with Crippen molar-refractivity contribution in [2.45, 2.75) is 86.6 Å². The number of alkyl halides is 2. The van der Waals surface area contributed by atoms with Gasteiger partial charge in [0.2, 0.25) is 5.92 Å². The van der Waals surface area contributed by atoms with Crippen molar-refractivity contribution in [1.82, 2.24) is 14.7 Å². The van der Waals surface area contributed by atoms with Crippen molar-refractivity contribution in [1.29, 1.82) is 0 Å². The largest absolute Gasteiger partial charge is 0.361 e. The first-order chi connectivity index (χ1) is 14.3. The summed E-state index contributed by atoms with van der Waals surface area (Å²) in [7, 11) is 0. The van der Waals surface area contributed by atoms with Gasteiger partial charge < -0.3 is 9.09 Å². The van der Waals surface area contributed by atoms with Gasteiger partial charge in [0.1, 0.15) is 5.76 Å². The molecule has 6 heteroatoms. The van der Waals surface area contributed by atoms with E-state index in [1.807, 2.05) is 54.7 Å². The summed E-state index contributed by atoms with van der Waals surface area (Å²) in [4.78, 5) is 4.65. The highest BCUT2D eigenvalue weighted by Crippen LogP contribution is 2.37. The summed E-state index contributed by atoms with van der Waals surface area (Å²) in [6.07, 6.45) is 5.08. The quantitative estimate of drug-likeness (QED) is 0.441. The molecule has 3 aromatic rings. The molecular weight excluding hydrogens is 384 g/mol. The number of aromatic nitrogens is 3. The standard InChI is InChI=1S/C20H23F2N3O.2C2H6/c1-12-10-25(11-15-4-6-20(21,22)7-5-15)17-8-16(9-23-19(12)17)18-13(2)24-26-14(18)3;2*1-2/h8-10,15H,4-7,11H2,1-3H3;2*1-2H3. The van der Waals surface area contributed by atoms with E-state index in [9.17, 15) is 8.78 Å². The van der Waals surface area contributed by atoms with Crippen LogP contribution in [0.4, 0.5) is 8.78 Å². The smallest absolute Gasteiger partial charge is 0.248 e. The van der Waals surface area contributed by atoms with Gasteiger partial charge in [0.25, 0.3) is 0 Å². The zero-order valence-electron chi connectivity index (χ0n) is 19.4. The van der Waals surface area contributed by atoms with Gasteiger partial charge in [-0.25, -0.2) is 8.78 Å². The molecule has 0 atom stereocenters. The van der Waals surface area contributed by atoms with E-state index < -0.39 is 5.92 Å². The Balaban J connectivity index is 0.000000757. The Morgan fingerprint density at radius 3 is 2.30 bits per heavy atom. The van der Waals surface area contributed by atoms with E-state index in [2.05, 4.69) is 27.0 Å². The van der Waals surface area contributed by atoms with Gasteiger partial charge in [-0.05, 0) is 51.2 Å². The van der Waals surface area contributed by atoms with Crippen LogP contribution in [0.5, 0.6) is 0 Å². The van der Waals surface area contributed by atoms with E-state index in [0.29, 0.717) is 12.8 Å². The summed E-state index contributed by atoms with van der Waals surface area (Å²) in [5, 5.41) is 4.03. The number of pyridine rings is 1. The van der Waals surface area contributed by atoms with Gasteiger partial charge in [0.05, 0.1) is 16.7 Å². The molecule has 4 rings (SSSR count). The summed E-state index contributed by atoms with van der Waals surface area (Å²) in [5.41, 5.74) is 5.89. The van der Waals surface area contributed by atoms with Crippen LogP contribution >= 0.6 is 0 Å². The van der Waals surface area contributed by atoms with Crippen LogP contribution in [0.2, 0.25) is 0 Å². The normalized spacial score (nSPS) is 15.9. The highest BCUT2D eigenvalue weighted by molar-refractivity contribution is 5.84. The van der Waals surface area contributed by atoms with Crippen molar-refractivity contribution in [2.24, 2.45) is 5.92 Å². The number of hydrogen-bond acceptors (Lipinski definition) is 3. The minimum Gasteiger partial charge on any atom is -0.361 e. The van der Waals surface area contributed by atoms with Crippen LogP contribution in [0.1, 0.15) is 70.4 Å². The first-order valence-corrected chi connectivity index (χ1v) is 11.1. The van der Waals surface area contributed by atoms with Crippen molar-refractivity contribution in [3.05, 3.63) is 35.5 Å². The monoisotopic (exact) mass is 419 g/mol. The molecule has 30 heavy (non-hydrogen) atoms. The first kappa shape index (κ1) is 24.0. The Labute approximate surface area is 178 Å². The van der Waals surface area contributed by atoms with Crippen LogP contribution in [-0.4, -0.2) is 20.6 Å². The maximum Gasteiger partial charge on any atom is 0.248 e. The fourth-order valence-corrected chi connectivity index (χ4v) is 4.08. The Morgan fingerprint density at radius 2 is 1.73 bits per heavy atom. The lowest BCUT2D eigenvalue weighted by Gasteiger charge is -2.28. The molecule has 0 spiro atoms. The molecule has 1 aliphatic carbocycles. The second kappa shape index (κ2) is 10.2. The molecule has 0 N–H and O–H groups in total. The molecule has 0 amide bonds.